The lowest BCUT2D eigenvalue weighted by atomic mass is 10.0. The molecule has 2 aromatic carbocycles. The van der Waals surface area contributed by atoms with Gasteiger partial charge in [0.1, 0.15) is 22.9 Å². The Labute approximate surface area is 169 Å². The molecule has 0 radical (unpaired) electrons. The molecular weight excluding hydrogens is 393 g/mol. The summed E-state index contributed by atoms with van der Waals surface area (Å²) >= 11 is 0. The molecule has 0 amide bonds. The molecule has 148 valence electrons. The van der Waals surface area contributed by atoms with E-state index in [-0.39, 0.29) is 35.4 Å². The van der Waals surface area contributed by atoms with Gasteiger partial charge in [0.05, 0.1) is 23.4 Å². The molecule has 0 fully saturated rings. The van der Waals surface area contributed by atoms with Gasteiger partial charge in [0.25, 0.3) is 0 Å². The Morgan fingerprint density at radius 3 is 2.76 bits per heavy atom. The molecule has 3 aromatic rings. The van der Waals surface area contributed by atoms with Crippen molar-refractivity contribution in [3.8, 4) is 28.5 Å². The van der Waals surface area contributed by atoms with Crippen LogP contribution in [0.4, 0.5) is 10.2 Å². The summed E-state index contributed by atoms with van der Waals surface area (Å²) in [4.78, 5) is 8.39. The zero-order valence-electron chi connectivity index (χ0n) is 15.5. The summed E-state index contributed by atoms with van der Waals surface area (Å²) in [6.07, 6.45) is 1.30. The van der Waals surface area contributed by atoms with Crippen LogP contribution in [-0.4, -0.2) is 31.9 Å². The fraction of sp³-hybridized carbons (Fsp3) is 0.150. The molecule has 0 aliphatic carbocycles. The highest BCUT2D eigenvalue weighted by Gasteiger charge is 2.16. The first-order valence-electron chi connectivity index (χ1n) is 8.65. The first-order valence-corrected chi connectivity index (χ1v) is 9.80. The van der Waals surface area contributed by atoms with Gasteiger partial charge >= 0.3 is 0 Å². The first kappa shape index (κ1) is 20.5. The standard InChI is InChI=1S/C20H18FN5O2S/c1-12(11-27)26-29(28)19-5-3-2-4-14(19)13-6-7-15(16(21)8-13)18-10-24-20(23)17(9-22)25-18/h2-8,10,12,26-27H,11H2,1H3,(H2,23,24). The van der Waals surface area contributed by atoms with Crippen molar-refractivity contribution in [1.82, 2.24) is 14.7 Å². The predicted octanol–water partition coefficient (Wildman–Crippen LogP) is 2.40. The van der Waals surface area contributed by atoms with Crippen LogP contribution < -0.4 is 10.5 Å². The molecule has 29 heavy (non-hydrogen) atoms. The number of aromatic nitrogens is 2. The molecular formula is C20H18FN5O2S. The number of anilines is 1. The van der Waals surface area contributed by atoms with Crippen molar-refractivity contribution in [2.45, 2.75) is 17.9 Å². The summed E-state index contributed by atoms with van der Waals surface area (Å²) in [5.41, 5.74) is 6.97. The van der Waals surface area contributed by atoms with Crippen LogP contribution in [0.5, 0.6) is 0 Å². The molecule has 1 aromatic heterocycles. The fourth-order valence-corrected chi connectivity index (χ4v) is 3.81. The Hall–Kier alpha value is -3.19. The van der Waals surface area contributed by atoms with Crippen molar-refractivity contribution >= 4 is 16.8 Å². The summed E-state index contributed by atoms with van der Waals surface area (Å²) in [5, 5.41) is 18.2. The maximum atomic E-state index is 14.8. The summed E-state index contributed by atoms with van der Waals surface area (Å²) in [7, 11) is -1.59. The van der Waals surface area contributed by atoms with E-state index < -0.39 is 16.8 Å². The zero-order valence-corrected chi connectivity index (χ0v) is 16.3. The number of rotatable bonds is 6. The van der Waals surface area contributed by atoms with Crippen molar-refractivity contribution in [2.24, 2.45) is 0 Å². The summed E-state index contributed by atoms with van der Waals surface area (Å²) < 4.78 is 30.3. The lowest BCUT2D eigenvalue weighted by molar-refractivity contribution is 0.266. The number of nitrogen functional groups attached to an aromatic ring is 1. The highest BCUT2D eigenvalue weighted by Crippen LogP contribution is 2.30. The van der Waals surface area contributed by atoms with Crippen molar-refractivity contribution in [3.05, 3.63) is 60.2 Å². The van der Waals surface area contributed by atoms with Gasteiger partial charge in [-0.1, -0.05) is 24.3 Å². The molecule has 4 N–H and O–H groups in total. The van der Waals surface area contributed by atoms with Crippen LogP contribution in [0.1, 0.15) is 12.6 Å². The molecule has 0 saturated carbocycles. The lowest BCUT2D eigenvalue weighted by Gasteiger charge is -2.14. The number of hydrogen-bond donors (Lipinski definition) is 3. The number of halogens is 1. The summed E-state index contributed by atoms with van der Waals surface area (Å²) in [5.74, 6) is -0.586. The molecule has 0 aliphatic rings. The van der Waals surface area contributed by atoms with Crippen molar-refractivity contribution in [3.63, 3.8) is 0 Å². The predicted molar refractivity (Wildman–Crippen MR) is 108 cm³/mol. The molecule has 0 saturated heterocycles. The second-order valence-electron chi connectivity index (χ2n) is 6.26. The number of nitrogens with zero attached hydrogens (tertiary/aromatic N) is 3. The average Bonchev–Trinajstić information content (AvgIpc) is 2.74. The van der Waals surface area contributed by atoms with Crippen LogP contribution in [0.15, 0.2) is 53.6 Å². The normalized spacial score (nSPS) is 12.9. The SMILES string of the molecule is CC(CO)NS(=O)c1ccccc1-c1ccc(-c2cnc(N)c(C#N)n2)c(F)c1. The molecule has 9 heteroatoms. The van der Waals surface area contributed by atoms with E-state index in [2.05, 4.69) is 14.7 Å². The third kappa shape index (κ3) is 4.46. The highest BCUT2D eigenvalue weighted by molar-refractivity contribution is 7.83. The van der Waals surface area contributed by atoms with Crippen LogP contribution in [0.3, 0.4) is 0 Å². The number of hydrogen-bond acceptors (Lipinski definition) is 6. The molecule has 1 heterocycles. The third-order valence-electron chi connectivity index (χ3n) is 4.13. The minimum Gasteiger partial charge on any atom is -0.395 e. The maximum Gasteiger partial charge on any atom is 0.183 e. The van der Waals surface area contributed by atoms with Gasteiger partial charge in [0.2, 0.25) is 0 Å². The number of aliphatic hydroxyl groups is 1. The number of aliphatic hydroxyl groups excluding tert-OH is 1. The van der Waals surface area contributed by atoms with Gasteiger partial charge < -0.3 is 10.8 Å². The van der Waals surface area contributed by atoms with E-state index in [0.29, 0.717) is 16.0 Å². The minimum atomic E-state index is -1.59. The highest BCUT2D eigenvalue weighted by atomic mass is 32.2. The number of nitriles is 1. The Morgan fingerprint density at radius 1 is 1.31 bits per heavy atom. The van der Waals surface area contributed by atoms with Crippen molar-refractivity contribution in [2.75, 3.05) is 12.3 Å². The monoisotopic (exact) mass is 411 g/mol. The molecule has 0 bridgehead atoms. The number of nitrogens with two attached hydrogens (primary N) is 1. The largest absolute Gasteiger partial charge is 0.395 e. The van der Waals surface area contributed by atoms with Crippen LogP contribution in [0.2, 0.25) is 0 Å². The van der Waals surface area contributed by atoms with Gasteiger partial charge in [-0.25, -0.2) is 23.3 Å². The Kier molecular flexibility index (Phi) is 6.29. The molecule has 2 unspecified atom stereocenters. The zero-order chi connectivity index (χ0) is 21.0. The van der Waals surface area contributed by atoms with E-state index in [1.165, 1.54) is 18.3 Å². The first-order chi connectivity index (χ1) is 13.9. The molecule has 7 nitrogen and oxygen atoms in total. The van der Waals surface area contributed by atoms with Gasteiger partial charge in [-0.05, 0) is 36.2 Å². The second kappa shape index (κ2) is 8.87. The molecule has 2 atom stereocenters. The van der Waals surface area contributed by atoms with E-state index in [4.69, 9.17) is 16.1 Å². The second-order valence-corrected chi connectivity index (χ2v) is 7.47. The van der Waals surface area contributed by atoms with E-state index in [1.807, 2.05) is 6.07 Å². The topological polar surface area (TPSA) is 125 Å². The number of nitrogens with one attached hydrogen (secondary N) is 1. The van der Waals surface area contributed by atoms with Crippen LogP contribution in [0.25, 0.3) is 22.4 Å². The van der Waals surface area contributed by atoms with Crippen LogP contribution in [0, 0.1) is 17.1 Å². The Bertz CT molecular complexity index is 1120. The fourth-order valence-electron chi connectivity index (χ4n) is 2.65. The van der Waals surface area contributed by atoms with Crippen molar-refractivity contribution < 1.29 is 13.7 Å². The quantitative estimate of drug-likeness (QED) is 0.572. The van der Waals surface area contributed by atoms with Crippen LogP contribution in [-0.2, 0) is 11.0 Å². The Balaban J connectivity index is 2.00. The van der Waals surface area contributed by atoms with E-state index >= 15 is 0 Å². The van der Waals surface area contributed by atoms with E-state index in [9.17, 15) is 8.60 Å². The molecule has 0 spiro atoms. The van der Waals surface area contributed by atoms with Gasteiger partial charge in [0, 0.05) is 11.6 Å². The molecule has 3 rings (SSSR count). The summed E-state index contributed by atoms with van der Waals surface area (Å²) in [6.45, 7) is 1.54. The van der Waals surface area contributed by atoms with Gasteiger partial charge in [-0.15, -0.1) is 0 Å². The average molecular weight is 411 g/mol. The van der Waals surface area contributed by atoms with Crippen molar-refractivity contribution in [1.29, 1.82) is 5.26 Å². The number of benzene rings is 2. The third-order valence-corrected chi connectivity index (χ3v) is 5.50. The smallest absolute Gasteiger partial charge is 0.183 e. The van der Waals surface area contributed by atoms with Gasteiger partial charge in [0.15, 0.2) is 11.5 Å². The van der Waals surface area contributed by atoms with Gasteiger partial charge in [-0.3, -0.25) is 0 Å². The summed E-state index contributed by atoms with van der Waals surface area (Å²) in [6, 6.07) is 12.9. The minimum absolute atomic E-state index is 0.0192. The van der Waals surface area contributed by atoms with Gasteiger partial charge in [-0.2, -0.15) is 5.26 Å². The lowest BCUT2D eigenvalue weighted by Crippen LogP contribution is -2.31. The Morgan fingerprint density at radius 2 is 2.07 bits per heavy atom. The maximum absolute atomic E-state index is 14.8. The van der Waals surface area contributed by atoms with E-state index in [0.717, 1.165) is 0 Å². The molecule has 0 aliphatic heterocycles. The van der Waals surface area contributed by atoms with Crippen LogP contribution >= 0.6 is 0 Å². The van der Waals surface area contributed by atoms with E-state index in [1.54, 1.807) is 37.3 Å².